The van der Waals surface area contributed by atoms with Gasteiger partial charge in [-0.25, -0.2) is 8.42 Å². The number of amides is 1. The minimum Gasteiger partial charge on any atom is -0.465 e. The maximum Gasteiger partial charge on any atom is 0.321 e. The zero-order valence-electron chi connectivity index (χ0n) is 24.6. The number of carbonyl (C=O) groups excluding carboxylic acids is 3. The lowest BCUT2D eigenvalue weighted by molar-refractivity contribution is -0.156. The number of sulfone groups is 1. The Labute approximate surface area is 250 Å². The first-order valence-corrected chi connectivity index (χ1v) is 15.4. The molecule has 0 aliphatic rings. The van der Waals surface area contributed by atoms with Gasteiger partial charge in [0.05, 0.1) is 52.6 Å². The fourth-order valence-corrected chi connectivity index (χ4v) is 5.54. The third-order valence-corrected chi connectivity index (χ3v) is 8.60. The highest BCUT2D eigenvalue weighted by Crippen LogP contribution is 2.28. The molecule has 0 saturated heterocycles. The molecular weight excluding hydrogens is 584 g/mol. The average Bonchev–Trinajstić information content (AvgIpc) is 3.24. The number of benzene rings is 2. The molecule has 0 aliphatic heterocycles. The number of fused-ring (bicyclic) bond motifs is 1. The number of rotatable bonds is 11. The standard InChI is InChI=1S/C30H37ClN2O8S/c1-18-11-24(31)23-13-26(33(6)25(23)12-18)28(36)32-19(2)21-7-9-22(10-8-21)42(38,39)17-27(35)40-15-20(14-34)16-41-29(37)30(3,4)5/h7-13,19-20,34H,14-17H2,1-6H3,(H,32,36)/t19-,20?/m1/s1. The van der Waals surface area contributed by atoms with Crippen LogP contribution in [0.15, 0.2) is 47.4 Å². The number of aliphatic hydroxyl groups excluding tert-OH is 1. The third-order valence-electron chi connectivity index (χ3n) is 6.68. The molecule has 2 N–H and O–H groups in total. The van der Waals surface area contributed by atoms with Crippen LogP contribution in [0.4, 0.5) is 0 Å². The predicted molar refractivity (Wildman–Crippen MR) is 159 cm³/mol. The molecule has 2 aromatic carbocycles. The molecule has 12 heteroatoms. The van der Waals surface area contributed by atoms with Gasteiger partial charge in [-0.3, -0.25) is 14.4 Å². The van der Waals surface area contributed by atoms with Crippen LogP contribution in [0.1, 0.15) is 55.4 Å². The van der Waals surface area contributed by atoms with E-state index in [1.807, 2.05) is 19.1 Å². The second-order valence-electron chi connectivity index (χ2n) is 11.4. The SMILES string of the molecule is Cc1cc(Cl)c2cc(C(=O)N[C@H](C)c3ccc(S(=O)(=O)CC(=O)OCC(CO)COC(=O)C(C)(C)C)cc3)n(C)c2c1. The van der Waals surface area contributed by atoms with Crippen LogP contribution in [0.5, 0.6) is 0 Å². The van der Waals surface area contributed by atoms with Crippen molar-refractivity contribution in [3.05, 3.63) is 64.3 Å². The monoisotopic (exact) mass is 620 g/mol. The lowest BCUT2D eigenvalue weighted by Gasteiger charge is -2.20. The number of esters is 2. The molecule has 0 bridgehead atoms. The largest absolute Gasteiger partial charge is 0.465 e. The molecular formula is C30H37ClN2O8S. The van der Waals surface area contributed by atoms with Crippen LogP contribution in [0, 0.1) is 18.3 Å². The topological polar surface area (TPSA) is 141 Å². The second-order valence-corrected chi connectivity index (χ2v) is 13.8. The number of hydrogen-bond acceptors (Lipinski definition) is 8. The Bertz CT molecular complexity index is 1570. The highest BCUT2D eigenvalue weighted by Gasteiger charge is 2.26. The van der Waals surface area contributed by atoms with Crippen molar-refractivity contribution in [2.75, 3.05) is 25.6 Å². The fourth-order valence-electron chi connectivity index (χ4n) is 4.11. The Kier molecular flexibility index (Phi) is 10.5. The molecule has 1 amide bonds. The zero-order chi connectivity index (χ0) is 31.4. The quantitative estimate of drug-likeness (QED) is 0.305. The molecule has 0 saturated carbocycles. The highest BCUT2D eigenvalue weighted by molar-refractivity contribution is 7.92. The number of aryl methyl sites for hydroxylation is 2. The van der Waals surface area contributed by atoms with Gasteiger partial charge >= 0.3 is 11.9 Å². The molecule has 0 spiro atoms. The first-order chi connectivity index (χ1) is 19.5. The Balaban J connectivity index is 1.59. The summed E-state index contributed by atoms with van der Waals surface area (Å²) in [4.78, 5) is 37.1. The smallest absolute Gasteiger partial charge is 0.321 e. The summed E-state index contributed by atoms with van der Waals surface area (Å²) >= 11 is 6.36. The van der Waals surface area contributed by atoms with Gasteiger partial charge in [0.15, 0.2) is 15.6 Å². The minimum absolute atomic E-state index is 0.0850. The number of aromatic nitrogens is 1. The van der Waals surface area contributed by atoms with E-state index in [0.717, 1.165) is 16.5 Å². The summed E-state index contributed by atoms with van der Waals surface area (Å²) in [5.41, 5.74) is 2.17. The number of nitrogens with zero attached hydrogens (tertiary/aromatic N) is 1. The second kappa shape index (κ2) is 13.3. The van der Waals surface area contributed by atoms with Gasteiger partial charge in [0.2, 0.25) is 0 Å². The summed E-state index contributed by atoms with van der Waals surface area (Å²) < 4.78 is 37.5. The normalized spacial score (nSPS) is 13.4. The van der Waals surface area contributed by atoms with E-state index in [1.54, 1.807) is 57.5 Å². The predicted octanol–water partition coefficient (Wildman–Crippen LogP) is 4.15. The number of carbonyl (C=O) groups is 3. The molecule has 3 aromatic rings. The van der Waals surface area contributed by atoms with E-state index in [9.17, 15) is 27.9 Å². The Morgan fingerprint density at radius 2 is 1.67 bits per heavy atom. The number of nitrogens with one attached hydrogen (secondary N) is 1. The molecule has 0 aliphatic carbocycles. The van der Waals surface area contributed by atoms with E-state index >= 15 is 0 Å². The van der Waals surface area contributed by atoms with E-state index in [-0.39, 0.29) is 24.0 Å². The van der Waals surface area contributed by atoms with Crippen molar-refractivity contribution < 1.29 is 37.4 Å². The van der Waals surface area contributed by atoms with Crippen molar-refractivity contribution in [3.63, 3.8) is 0 Å². The van der Waals surface area contributed by atoms with E-state index in [2.05, 4.69) is 5.32 Å². The average molecular weight is 621 g/mol. The van der Waals surface area contributed by atoms with Crippen LogP contribution in [0.2, 0.25) is 5.02 Å². The van der Waals surface area contributed by atoms with Gasteiger partial charge in [-0.1, -0.05) is 23.7 Å². The summed E-state index contributed by atoms with van der Waals surface area (Å²) in [6.07, 6.45) is 0. The number of aliphatic hydroxyl groups is 1. The Hall–Kier alpha value is -3.41. The van der Waals surface area contributed by atoms with Crippen LogP contribution >= 0.6 is 11.6 Å². The van der Waals surface area contributed by atoms with Crippen molar-refractivity contribution >= 4 is 50.2 Å². The molecule has 1 heterocycles. The molecule has 1 aromatic heterocycles. The lowest BCUT2D eigenvalue weighted by atomic mass is 9.97. The van der Waals surface area contributed by atoms with Crippen LogP contribution < -0.4 is 5.32 Å². The summed E-state index contributed by atoms with van der Waals surface area (Å²) in [6.45, 7) is 7.85. The van der Waals surface area contributed by atoms with E-state index < -0.39 is 51.5 Å². The maximum absolute atomic E-state index is 13.0. The van der Waals surface area contributed by atoms with Gasteiger partial charge in [-0.05, 0) is 76.1 Å². The van der Waals surface area contributed by atoms with Crippen LogP contribution in [0.3, 0.4) is 0 Å². The van der Waals surface area contributed by atoms with Gasteiger partial charge in [0, 0.05) is 12.4 Å². The van der Waals surface area contributed by atoms with E-state index in [0.29, 0.717) is 16.3 Å². The third kappa shape index (κ3) is 8.11. The number of hydrogen-bond donors (Lipinski definition) is 2. The van der Waals surface area contributed by atoms with Crippen LogP contribution in [0.25, 0.3) is 10.9 Å². The number of halogens is 1. The van der Waals surface area contributed by atoms with Gasteiger partial charge in [-0.2, -0.15) is 0 Å². The van der Waals surface area contributed by atoms with Crippen molar-refractivity contribution in [2.45, 2.75) is 45.6 Å². The lowest BCUT2D eigenvalue weighted by Crippen LogP contribution is -2.29. The van der Waals surface area contributed by atoms with Crippen molar-refractivity contribution in [1.29, 1.82) is 0 Å². The Morgan fingerprint density at radius 1 is 1.05 bits per heavy atom. The number of ether oxygens (including phenoxy) is 2. The fraction of sp³-hybridized carbons (Fsp3) is 0.433. The summed E-state index contributed by atoms with van der Waals surface area (Å²) in [6, 6.07) is 10.9. The van der Waals surface area contributed by atoms with E-state index in [4.69, 9.17) is 21.1 Å². The molecule has 228 valence electrons. The molecule has 10 nitrogen and oxygen atoms in total. The first kappa shape index (κ1) is 33.1. The molecule has 42 heavy (non-hydrogen) atoms. The van der Waals surface area contributed by atoms with Crippen molar-refractivity contribution in [1.82, 2.24) is 9.88 Å². The van der Waals surface area contributed by atoms with Gasteiger partial charge < -0.3 is 24.5 Å². The molecule has 2 atom stereocenters. The van der Waals surface area contributed by atoms with Gasteiger partial charge in [0.1, 0.15) is 5.69 Å². The van der Waals surface area contributed by atoms with Gasteiger partial charge in [-0.15, -0.1) is 0 Å². The summed E-state index contributed by atoms with van der Waals surface area (Å²) in [5, 5.41) is 13.7. The van der Waals surface area contributed by atoms with Crippen LogP contribution in [-0.2, 0) is 35.9 Å². The Morgan fingerprint density at radius 3 is 2.26 bits per heavy atom. The molecule has 0 radical (unpaired) electrons. The van der Waals surface area contributed by atoms with Crippen LogP contribution in [-0.4, -0.2) is 61.5 Å². The van der Waals surface area contributed by atoms with E-state index in [1.165, 1.54) is 12.1 Å². The molecule has 3 rings (SSSR count). The summed E-state index contributed by atoms with van der Waals surface area (Å²) in [7, 11) is -2.24. The first-order valence-electron chi connectivity index (χ1n) is 13.4. The zero-order valence-corrected chi connectivity index (χ0v) is 26.1. The summed E-state index contributed by atoms with van der Waals surface area (Å²) in [5.74, 6) is -3.37. The minimum atomic E-state index is -4.02. The maximum atomic E-state index is 13.0. The highest BCUT2D eigenvalue weighted by atomic mass is 35.5. The molecule has 0 fully saturated rings. The van der Waals surface area contributed by atoms with Crippen molar-refractivity contribution in [3.8, 4) is 0 Å². The van der Waals surface area contributed by atoms with Gasteiger partial charge in [0.25, 0.3) is 5.91 Å². The van der Waals surface area contributed by atoms with Crippen molar-refractivity contribution in [2.24, 2.45) is 18.4 Å². The molecule has 1 unspecified atom stereocenters.